The first-order valence-corrected chi connectivity index (χ1v) is 7.34. The standard InChI is InChI=1S/C12H12FNO6S/c1-20-10-3-2-7(12(16)17)4-9(10)14-6-8(5-11(14)15)21(13,18)19/h2-4,8H,5-6H2,1H3,(H,16,17). The summed E-state index contributed by atoms with van der Waals surface area (Å²) in [5.74, 6) is -1.62. The van der Waals surface area contributed by atoms with Crippen molar-refractivity contribution in [2.45, 2.75) is 11.7 Å². The van der Waals surface area contributed by atoms with Gasteiger partial charge in [0.25, 0.3) is 0 Å². The second kappa shape index (κ2) is 5.32. The van der Waals surface area contributed by atoms with Crippen molar-refractivity contribution in [2.24, 2.45) is 0 Å². The minimum atomic E-state index is -4.84. The summed E-state index contributed by atoms with van der Waals surface area (Å²) in [6, 6.07) is 3.82. The lowest BCUT2D eigenvalue weighted by atomic mass is 10.1. The van der Waals surface area contributed by atoms with E-state index in [2.05, 4.69) is 0 Å². The second-order valence-corrected chi connectivity index (χ2v) is 6.12. The van der Waals surface area contributed by atoms with E-state index in [-0.39, 0.29) is 23.5 Å². The van der Waals surface area contributed by atoms with Gasteiger partial charge in [-0.25, -0.2) is 4.79 Å². The summed E-state index contributed by atoms with van der Waals surface area (Å²) >= 11 is 0. The number of carboxylic acid groups (broad SMARTS) is 1. The van der Waals surface area contributed by atoms with E-state index in [1.807, 2.05) is 0 Å². The highest BCUT2D eigenvalue weighted by Gasteiger charge is 2.40. The number of aromatic carboxylic acids is 1. The molecule has 1 aromatic carbocycles. The molecule has 1 atom stereocenters. The molecular weight excluding hydrogens is 305 g/mol. The van der Waals surface area contributed by atoms with Crippen molar-refractivity contribution in [2.75, 3.05) is 18.6 Å². The van der Waals surface area contributed by atoms with Crippen molar-refractivity contribution in [3.05, 3.63) is 23.8 Å². The number of halogens is 1. The first-order valence-electron chi connectivity index (χ1n) is 5.89. The molecule has 1 N–H and O–H groups in total. The molecule has 7 nitrogen and oxygen atoms in total. The Kier molecular flexibility index (Phi) is 3.86. The van der Waals surface area contributed by atoms with Gasteiger partial charge in [0.1, 0.15) is 11.0 Å². The Morgan fingerprint density at radius 3 is 2.62 bits per heavy atom. The van der Waals surface area contributed by atoms with Crippen molar-refractivity contribution in [1.29, 1.82) is 0 Å². The van der Waals surface area contributed by atoms with E-state index in [0.717, 1.165) is 4.90 Å². The fraction of sp³-hybridized carbons (Fsp3) is 0.333. The molecule has 114 valence electrons. The zero-order valence-electron chi connectivity index (χ0n) is 10.9. The highest BCUT2D eigenvalue weighted by atomic mass is 32.3. The molecule has 1 heterocycles. The number of benzene rings is 1. The Bertz CT molecular complexity index is 702. The maximum atomic E-state index is 13.0. The molecule has 1 fully saturated rings. The third-order valence-corrected chi connectivity index (χ3v) is 4.32. The molecule has 9 heteroatoms. The number of amides is 1. The van der Waals surface area contributed by atoms with Crippen LogP contribution in [0.25, 0.3) is 0 Å². The summed E-state index contributed by atoms with van der Waals surface area (Å²) in [5.41, 5.74) is 0.0127. The molecule has 0 aliphatic carbocycles. The zero-order chi connectivity index (χ0) is 15.8. The third kappa shape index (κ3) is 2.97. The van der Waals surface area contributed by atoms with E-state index in [1.165, 1.54) is 25.3 Å². The number of hydrogen-bond acceptors (Lipinski definition) is 5. The number of nitrogens with zero attached hydrogens (tertiary/aromatic N) is 1. The Balaban J connectivity index is 2.43. The first-order chi connectivity index (χ1) is 9.74. The lowest BCUT2D eigenvalue weighted by molar-refractivity contribution is -0.117. The number of anilines is 1. The van der Waals surface area contributed by atoms with Crippen molar-refractivity contribution in [3.8, 4) is 5.75 Å². The van der Waals surface area contributed by atoms with E-state index in [9.17, 15) is 21.9 Å². The van der Waals surface area contributed by atoms with Crippen LogP contribution >= 0.6 is 0 Å². The molecule has 0 saturated carbocycles. The highest BCUT2D eigenvalue weighted by Crippen LogP contribution is 2.34. The van der Waals surface area contributed by atoms with Crippen molar-refractivity contribution in [3.63, 3.8) is 0 Å². The number of carbonyl (C=O) groups excluding carboxylic acids is 1. The van der Waals surface area contributed by atoms with E-state index < -0.39 is 33.8 Å². The van der Waals surface area contributed by atoms with Gasteiger partial charge in [0, 0.05) is 13.0 Å². The van der Waals surface area contributed by atoms with Crippen LogP contribution in [0, 0.1) is 0 Å². The molecule has 2 rings (SSSR count). The number of hydrogen-bond donors (Lipinski definition) is 1. The van der Waals surface area contributed by atoms with E-state index in [0.29, 0.717) is 0 Å². The van der Waals surface area contributed by atoms with E-state index >= 15 is 0 Å². The molecule has 0 bridgehead atoms. The van der Waals surface area contributed by atoms with Crippen molar-refractivity contribution < 1.29 is 31.7 Å². The van der Waals surface area contributed by atoms with Gasteiger partial charge in [0.2, 0.25) is 5.91 Å². The molecular formula is C12H12FNO6S. The van der Waals surface area contributed by atoms with Crippen LogP contribution in [-0.4, -0.2) is 44.3 Å². The Morgan fingerprint density at radius 2 is 2.14 bits per heavy atom. The SMILES string of the molecule is COc1ccc(C(=O)O)cc1N1CC(S(=O)(=O)F)CC1=O. The predicted molar refractivity (Wildman–Crippen MR) is 70.7 cm³/mol. The number of ether oxygens (including phenoxy) is 1. The van der Waals surface area contributed by atoms with Gasteiger partial charge in [0.05, 0.1) is 18.4 Å². The van der Waals surface area contributed by atoms with Gasteiger partial charge in [-0.2, -0.15) is 8.42 Å². The van der Waals surface area contributed by atoms with Gasteiger partial charge >= 0.3 is 16.2 Å². The average Bonchev–Trinajstić information content (AvgIpc) is 2.79. The summed E-state index contributed by atoms with van der Waals surface area (Å²) in [4.78, 5) is 23.9. The molecule has 0 aromatic heterocycles. The fourth-order valence-corrected chi connectivity index (χ4v) is 2.80. The van der Waals surface area contributed by atoms with Crippen LogP contribution in [0.2, 0.25) is 0 Å². The molecule has 1 saturated heterocycles. The lowest BCUT2D eigenvalue weighted by Gasteiger charge is -2.19. The summed E-state index contributed by atoms with van der Waals surface area (Å²) in [6.45, 7) is -0.378. The second-order valence-electron chi connectivity index (χ2n) is 4.50. The molecule has 21 heavy (non-hydrogen) atoms. The lowest BCUT2D eigenvalue weighted by Crippen LogP contribution is -2.27. The first kappa shape index (κ1) is 15.2. The van der Waals surface area contributed by atoms with Crippen LogP contribution in [0.3, 0.4) is 0 Å². The summed E-state index contributed by atoms with van der Waals surface area (Å²) in [6.07, 6.45) is -0.487. The minimum absolute atomic E-state index is 0.0924. The monoisotopic (exact) mass is 317 g/mol. The van der Waals surface area contributed by atoms with Gasteiger partial charge in [0.15, 0.2) is 0 Å². The molecule has 0 spiro atoms. The number of carboxylic acids is 1. The van der Waals surface area contributed by atoms with E-state index in [4.69, 9.17) is 9.84 Å². The zero-order valence-corrected chi connectivity index (χ0v) is 11.8. The Hall–Kier alpha value is -2.16. The van der Waals surface area contributed by atoms with Crippen LogP contribution in [0.15, 0.2) is 18.2 Å². The van der Waals surface area contributed by atoms with Crippen LogP contribution in [0.4, 0.5) is 9.57 Å². The van der Waals surface area contributed by atoms with Crippen LogP contribution < -0.4 is 9.64 Å². The smallest absolute Gasteiger partial charge is 0.335 e. The summed E-state index contributed by atoms with van der Waals surface area (Å²) < 4.78 is 39.9. The summed E-state index contributed by atoms with van der Waals surface area (Å²) in [5, 5.41) is 7.51. The number of methoxy groups -OCH3 is 1. The molecule has 1 unspecified atom stereocenters. The number of rotatable bonds is 4. The van der Waals surface area contributed by atoms with Gasteiger partial charge in [-0.3, -0.25) is 4.79 Å². The van der Waals surface area contributed by atoms with Crippen LogP contribution in [0.5, 0.6) is 5.75 Å². The third-order valence-electron chi connectivity index (χ3n) is 3.20. The maximum Gasteiger partial charge on any atom is 0.335 e. The van der Waals surface area contributed by atoms with Gasteiger partial charge in [-0.15, -0.1) is 3.89 Å². The topological polar surface area (TPSA) is 101 Å². The van der Waals surface area contributed by atoms with Gasteiger partial charge in [-0.05, 0) is 18.2 Å². The van der Waals surface area contributed by atoms with Crippen LogP contribution in [0.1, 0.15) is 16.8 Å². The molecule has 0 radical (unpaired) electrons. The Labute approximate surface area is 120 Å². The quantitative estimate of drug-likeness (QED) is 0.824. The van der Waals surface area contributed by atoms with Gasteiger partial charge < -0.3 is 14.7 Å². The largest absolute Gasteiger partial charge is 0.495 e. The van der Waals surface area contributed by atoms with Crippen molar-refractivity contribution >= 4 is 27.8 Å². The molecule has 1 aliphatic rings. The normalized spacial score (nSPS) is 18.9. The average molecular weight is 317 g/mol. The molecule has 1 aromatic rings. The number of carbonyl (C=O) groups is 2. The maximum absolute atomic E-state index is 13.0. The van der Waals surface area contributed by atoms with Gasteiger partial charge in [-0.1, -0.05) is 0 Å². The Morgan fingerprint density at radius 1 is 1.48 bits per heavy atom. The molecule has 1 amide bonds. The molecule has 1 aliphatic heterocycles. The van der Waals surface area contributed by atoms with Crippen LogP contribution in [-0.2, 0) is 15.0 Å². The van der Waals surface area contributed by atoms with Crippen molar-refractivity contribution in [1.82, 2.24) is 0 Å². The summed E-state index contributed by atoms with van der Waals surface area (Å²) in [7, 11) is -3.52. The predicted octanol–water partition coefficient (Wildman–Crippen LogP) is 0.798. The minimum Gasteiger partial charge on any atom is -0.495 e. The highest BCUT2D eigenvalue weighted by molar-refractivity contribution is 7.87. The fourth-order valence-electron chi connectivity index (χ4n) is 2.13. The van der Waals surface area contributed by atoms with E-state index in [1.54, 1.807) is 0 Å².